The van der Waals surface area contributed by atoms with Gasteiger partial charge in [0.25, 0.3) is 0 Å². The maximum Gasteiger partial charge on any atom is 0.355 e. The highest BCUT2D eigenvalue weighted by molar-refractivity contribution is 5.66. The van der Waals surface area contributed by atoms with Crippen molar-refractivity contribution in [1.82, 2.24) is 0 Å². The molecule has 0 unspecified atom stereocenters. The fraction of sp³-hybridized carbons (Fsp3) is 0.800. The number of hydrogen-bond acceptors (Lipinski definition) is 1. The molecule has 8 heavy (non-hydrogen) atoms. The summed E-state index contributed by atoms with van der Waals surface area (Å²) in [5, 5.41) is 19.4. The van der Waals surface area contributed by atoms with Gasteiger partial charge in [-0.3, -0.25) is 0 Å². The molecule has 0 aromatic carbocycles. The van der Waals surface area contributed by atoms with Gasteiger partial charge in [-0.1, -0.05) is 0 Å². The van der Waals surface area contributed by atoms with E-state index in [0.29, 0.717) is 12.8 Å². The van der Waals surface area contributed by atoms with E-state index in [4.69, 9.17) is 0 Å². The number of rotatable bonds is 4. The van der Waals surface area contributed by atoms with Crippen molar-refractivity contribution in [1.29, 1.82) is 0 Å². The van der Waals surface area contributed by atoms with E-state index in [9.17, 15) is 15.0 Å². The highest BCUT2D eigenvalue weighted by atomic mass is 16.4. The van der Waals surface area contributed by atoms with Crippen LogP contribution in [0, 0.1) is 0 Å². The second-order valence-corrected chi connectivity index (χ2v) is 1.53. The highest BCUT2D eigenvalue weighted by Gasteiger charge is 1.96. The molecule has 46 valence electrons. The van der Waals surface area contributed by atoms with E-state index in [1.807, 2.05) is 0 Å². The highest BCUT2D eigenvalue weighted by Crippen LogP contribution is 1.92. The van der Waals surface area contributed by atoms with Crippen LogP contribution < -0.4 is 0 Å². The molecule has 3 heteroatoms. The predicted octanol–water partition coefficient (Wildman–Crippen LogP) is 0.544. The van der Waals surface area contributed by atoms with Gasteiger partial charge in [-0.2, -0.15) is 0 Å². The summed E-state index contributed by atoms with van der Waals surface area (Å²) in [6.07, 6.45) is 0.905. The zero-order valence-corrected chi connectivity index (χ0v) is 4.55. The van der Waals surface area contributed by atoms with E-state index in [1.54, 1.807) is 0 Å². The van der Waals surface area contributed by atoms with Crippen molar-refractivity contribution in [2.24, 2.45) is 0 Å². The fourth-order valence-corrected chi connectivity index (χ4v) is 0.371. The maximum atomic E-state index is 9.70. The number of carbonyl (C=O) groups is 1. The normalized spacial score (nSPS) is 9.12. The minimum Gasteiger partial charge on any atom is -0.247 e. The topological polar surface area (TPSA) is 56.9 Å². The molecule has 0 heterocycles. The Morgan fingerprint density at radius 1 is 1.25 bits per heavy atom. The average molecular weight is 116 g/mol. The van der Waals surface area contributed by atoms with Gasteiger partial charge in [-0.25, -0.2) is 15.0 Å². The summed E-state index contributed by atoms with van der Waals surface area (Å²) in [6.45, 7) is -0.187. The molecule has 0 rings (SSSR count). The predicted molar refractivity (Wildman–Crippen MR) is 25.1 cm³/mol. The minimum atomic E-state index is -1.07. The van der Waals surface area contributed by atoms with Crippen LogP contribution in [0.2, 0.25) is 0 Å². The third kappa shape index (κ3) is 5.43. The molecule has 0 aliphatic rings. The summed E-state index contributed by atoms with van der Waals surface area (Å²) in [7, 11) is 0. The smallest absolute Gasteiger partial charge is 0.247 e. The van der Waals surface area contributed by atoms with Crippen molar-refractivity contribution in [2.75, 3.05) is 6.61 Å². The lowest BCUT2D eigenvalue weighted by molar-refractivity contribution is -0.143. The summed E-state index contributed by atoms with van der Waals surface area (Å²) in [5.41, 5.74) is 0. The van der Waals surface area contributed by atoms with Crippen molar-refractivity contribution in [3.63, 3.8) is 0 Å². The van der Waals surface area contributed by atoms with Crippen LogP contribution in [-0.4, -0.2) is 12.6 Å². The Balaban J connectivity index is 2.82. The summed E-state index contributed by atoms with van der Waals surface area (Å²) < 4.78 is 0. The lowest BCUT2D eigenvalue weighted by Gasteiger charge is -1.86. The Morgan fingerprint density at radius 3 is 2.25 bits per heavy atom. The standard InChI is InChI=1S/C5H8O3/c6-4-2-1-3-5(7)8/h1-4H2. The molecule has 0 saturated carbocycles. The first-order chi connectivity index (χ1) is 3.77. The Morgan fingerprint density at radius 2 is 1.88 bits per heavy atom. The van der Waals surface area contributed by atoms with Crippen LogP contribution in [0.5, 0.6) is 0 Å². The molecule has 0 amide bonds. The van der Waals surface area contributed by atoms with Gasteiger partial charge in [0.05, 0.1) is 13.0 Å². The van der Waals surface area contributed by atoms with E-state index >= 15 is 0 Å². The van der Waals surface area contributed by atoms with Crippen LogP contribution >= 0.6 is 0 Å². The number of hydrogen-bond donors (Lipinski definition) is 0. The summed E-state index contributed by atoms with van der Waals surface area (Å²) in [6, 6.07) is 0. The van der Waals surface area contributed by atoms with E-state index in [0.717, 1.165) is 0 Å². The molecule has 3 nitrogen and oxygen atoms in total. The van der Waals surface area contributed by atoms with Gasteiger partial charge in [-0.15, -0.1) is 0 Å². The molecule has 0 spiro atoms. The molecule has 0 aromatic rings. The quantitative estimate of drug-likeness (QED) is 0.494. The van der Waals surface area contributed by atoms with Gasteiger partial charge in [-0.05, 0) is 12.8 Å². The zero-order chi connectivity index (χ0) is 6.41. The molecule has 0 aliphatic carbocycles. The Labute approximate surface area is 47.9 Å². The van der Waals surface area contributed by atoms with Gasteiger partial charge in [0, 0.05) is 0 Å². The number of unbranched alkanes of at least 4 members (excludes halogenated alkanes) is 1. The molecule has 0 aliphatic heterocycles. The third-order valence-electron chi connectivity index (χ3n) is 0.775. The van der Waals surface area contributed by atoms with E-state index in [-0.39, 0.29) is 13.0 Å². The van der Waals surface area contributed by atoms with Crippen LogP contribution in [-0.2, 0) is 15.0 Å². The van der Waals surface area contributed by atoms with Crippen molar-refractivity contribution >= 4 is 5.97 Å². The van der Waals surface area contributed by atoms with Crippen LogP contribution in [0.1, 0.15) is 19.3 Å². The molecule has 0 N–H and O–H groups in total. The molecular formula is C5H8O3. The third-order valence-corrected chi connectivity index (χ3v) is 0.775. The second kappa shape index (κ2) is 4.59. The van der Waals surface area contributed by atoms with Crippen LogP contribution in [0.25, 0.3) is 0 Å². The van der Waals surface area contributed by atoms with Crippen molar-refractivity contribution in [3.8, 4) is 0 Å². The van der Waals surface area contributed by atoms with E-state index < -0.39 is 5.97 Å². The summed E-state index contributed by atoms with van der Waals surface area (Å²) in [5.74, 6) is -1.07. The van der Waals surface area contributed by atoms with Crippen molar-refractivity contribution in [2.45, 2.75) is 19.3 Å². The van der Waals surface area contributed by atoms with E-state index in [2.05, 4.69) is 0 Å². The lowest BCUT2D eigenvalue weighted by atomic mass is 10.2. The molecule has 2 radical (unpaired) electrons. The summed E-state index contributed by atoms with van der Waals surface area (Å²) in [4.78, 5) is 9.66. The first-order valence-corrected chi connectivity index (χ1v) is 2.55. The monoisotopic (exact) mass is 116 g/mol. The van der Waals surface area contributed by atoms with Gasteiger partial charge in [0.1, 0.15) is 0 Å². The average Bonchev–Trinajstić information content (AvgIpc) is 1.66. The van der Waals surface area contributed by atoms with Gasteiger partial charge < -0.3 is 0 Å². The summed E-state index contributed by atoms with van der Waals surface area (Å²) >= 11 is 0. The number of carbonyl (C=O) groups excluding carboxylic acids is 1. The fourth-order valence-electron chi connectivity index (χ4n) is 0.371. The molecule has 0 aromatic heterocycles. The molecule has 0 saturated heterocycles. The van der Waals surface area contributed by atoms with Gasteiger partial charge in [0.2, 0.25) is 0 Å². The Hall–Kier alpha value is -0.570. The SMILES string of the molecule is [O]CCCCC([O])=O. The van der Waals surface area contributed by atoms with E-state index in [1.165, 1.54) is 0 Å². The molecular weight excluding hydrogens is 108 g/mol. The van der Waals surface area contributed by atoms with Gasteiger partial charge in [0.15, 0.2) is 0 Å². The molecule has 0 fully saturated rings. The first-order valence-electron chi connectivity index (χ1n) is 2.55. The molecule has 0 atom stereocenters. The van der Waals surface area contributed by atoms with Crippen LogP contribution in [0.15, 0.2) is 0 Å². The maximum absolute atomic E-state index is 9.70. The van der Waals surface area contributed by atoms with Gasteiger partial charge >= 0.3 is 5.97 Å². The minimum absolute atomic E-state index is 0.0161. The van der Waals surface area contributed by atoms with Crippen molar-refractivity contribution in [3.05, 3.63) is 0 Å². The second-order valence-electron chi connectivity index (χ2n) is 1.53. The largest absolute Gasteiger partial charge is 0.355 e. The van der Waals surface area contributed by atoms with Crippen LogP contribution in [0.3, 0.4) is 0 Å². The molecule has 0 bridgehead atoms. The van der Waals surface area contributed by atoms with Crippen molar-refractivity contribution < 1.29 is 15.0 Å². The Bertz CT molecular complexity index is 70.1. The lowest BCUT2D eigenvalue weighted by Crippen LogP contribution is -1.92. The zero-order valence-electron chi connectivity index (χ0n) is 4.55. The Kier molecular flexibility index (Phi) is 4.26. The first kappa shape index (κ1) is 7.43. The van der Waals surface area contributed by atoms with Crippen LogP contribution in [0.4, 0.5) is 0 Å².